The molecular weight excluding hydrogens is 220 g/mol. The number of carbonyl (C=O) groups excluding carboxylic acids is 2. The van der Waals surface area contributed by atoms with Gasteiger partial charge in [-0.3, -0.25) is 9.59 Å². The van der Waals surface area contributed by atoms with E-state index in [1.807, 2.05) is 19.2 Å². The van der Waals surface area contributed by atoms with E-state index >= 15 is 0 Å². The highest BCUT2D eigenvalue weighted by molar-refractivity contribution is 6.16. The molecule has 2 amide bonds. The van der Waals surface area contributed by atoms with E-state index in [0.717, 1.165) is 12.1 Å². The second-order valence-corrected chi connectivity index (χ2v) is 3.81. The topological polar surface area (TPSA) is 58.6 Å². The molecule has 1 aliphatic rings. The number of anilines is 1. The van der Waals surface area contributed by atoms with Crippen molar-refractivity contribution in [2.75, 3.05) is 25.2 Å². The number of imide groups is 1. The van der Waals surface area contributed by atoms with Crippen molar-refractivity contribution in [3.8, 4) is 0 Å². The van der Waals surface area contributed by atoms with E-state index in [9.17, 15) is 9.59 Å². The standard InChI is InChI=1S/C12H14N2O3/c1-13-6-9-2-4-10(5-3-9)14-11(15)7-17-8-12(14)16/h2-5,13H,6-8H2,1H3. The minimum Gasteiger partial charge on any atom is -0.362 e. The summed E-state index contributed by atoms with van der Waals surface area (Å²) < 4.78 is 4.86. The van der Waals surface area contributed by atoms with Crippen LogP contribution in [0.2, 0.25) is 0 Å². The minimum absolute atomic E-state index is 0.0377. The van der Waals surface area contributed by atoms with Gasteiger partial charge in [-0.1, -0.05) is 12.1 Å². The molecule has 17 heavy (non-hydrogen) atoms. The maximum absolute atomic E-state index is 11.6. The summed E-state index contributed by atoms with van der Waals surface area (Å²) in [5, 5.41) is 3.03. The van der Waals surface area contributed by atoms with Gasteiger partial charge in [-0.15, -0.1) is 0 Å². The molecule has 1 saturated heterocycles. The summed E-state index contributed by atoms with van der Waals surface area (Å²) in [6.45, 7) is 0.680. The zero-order valence-corrected chi connectivity index (χ0v) is 9.60. The van der Waals surface area contributed by atoms with Gasteiger partial charge in [0.15, 0.2) is 0 Å². The normalized spacial score (nSPS) is 16.4. The molecule has 1 N–H and O–H groups in total. The van der Waals surface area contributed by atoms with Crippen LogP contribution in [0, 0.1) is 0 Å². The molecule has 1 heterocycles. The van der Waals surface area contributed by atoms with Crippen molar-refractivity contribution in [2.24, 2.45) is 0 Å². The lowest BCUT2D eigenvalue weighted by molar-refractivity contribution is -0.138. The molecule has 0 bridgehead atoms. The average Bonchev–Trinajstić information content (AvgIpc) is 2.31. The number of benzene rings is 1. The van der Waals surface area contributed by atoms with Crippen molar-refractivity contribution in [3.63, 3.8) is 0 Å². The first-order chi connectivity index (χ1) is 8.22. The lowest BCUT2D eigenvalue weighted by atomic mass is 10.2. The number of morpholine rings is 1. The lowest BCUT2D eigenvalue weighted by Gasteiger charge is -2.24. The third-order valence-corrected chi connectivity index (χ3v) is 2.53. The largest absolute Gasteiger partial charge is 0.362 e. The highest BCUT2D eigenvalue weighted by atomic mass is 16.5. The van der Waals surface area contributed by atoms with Crippen molar-refractivity contribution in [1.82, 2.24) is 5.32 Å². The number of amides is 2. The van der Waals surface area contributed by atoms with Gasteiger partial charge >= 0.3 is 0 Å². The summed E-state index contributed by atoms with van der Waals surface area (Å²) in [7, 11) is 1.86. The van der Waals surface area contributed by atoms with Crippen molar-refractivity contribution in [1.29, 1.82) is 0 Å². The summed E-state index contributed by atoms with van der Waals surface area (Å²) in [5.41, 5.74) is 1.70. The Bertz CT molecular complexity index is 412. The smallest absolute Gasteiger partial charge is 0.259 e. The molecule has 0 saturated carbocycles. The van der Waals surface area contributed by atoms with Crippen LogP contribution in [0.5, 0.6) is 0 Å². The Labute approximate surface area is 99.4 Å². The van der Waals surface area contributed by atoms with E-state index in [4.69, 9.17) is 4.74 Å². The van der Waals surface area contributed by atoms with Crippen LogP contribution in [-0.4, -0.2) is 32.1 Å². The highest BCUT2D eigenvalue weighted by Crippen LogP contribution is 2.18. The molecule has 2 rings (SSSR count). The first-order valence-electron chi connectivity index (χ1n) is 5.39. The van der Waals surface area contributed by atoms with Crippen molar-refractivity contribution in [2.45, 2.75) is 6.54 Å². The van der Waals surface area contributed by atoms with E-state index < -0.39 is 0 Å². The Morgan fingerprint density at radius 3 is 2.29 bits per heavy atom. The molecule has 1 aliphatic heterocycles. The molecule has 5 heteroatoms. The summed E-state index contributed by atoms with van der Waals surface area (Å²) in [5.74, 6) is -0.634. The molecular formula is C12H14N2O3. The van der Waals surface area contributed by atoms with Crippen LogP contribution in [0.3, 0.4) is 0 Å². The number of hydrogen-bond acceptors (Lipinski definition) is 4. The molecule has 0 atom stereocenters. The number of hydrogen-bond donors (Lipinski definition) is 1. The van der Waals surface area contributed by atoms with Gasteiger partial charge in [0.2, 0.25) is 0 Å². The van der Waals surface area contributed by atoms with Crippen LogP contribution in [-0.2, 0) is 20.9 Å². The molecule has 0 aliphatic carbocycles. The molecule has 1 fully saturated rings. The maximum atomic E-state index is 11.6. The Hall–Kier alpha value is -1.72. The Morgan fingerprint density at radius 1 is 1.18 bits per heavy atom. The molecule has 5 nitrogen and oxygen atoms in total. The fourth-order valence-corrected chi connectivity index (χ4v) is 1.75. The Kier molecular flexibility index (Phi) is 3.51. The Morgan fingerprint density at radius 2 is 1.76 bits per heavy atom. The molecule has 0 unspecified atom stereocenters. The van der Waals surface area contributed by atoms with Gasteiger partial charge in [0.1, 0.15) is 13.2 Å². The van der Waals surface area contributed by atoms with Crippen LogP contribution in [0.25, 0.3) is 0 Å². The predicted molar refractivity (Wildman–Crippen MR) is 62.5 cm³/mol. The van der Waals surface area contributed by atoms with Gasteiger partial charge < -0.3 is 10.1 Å². The van der Waals surface area contributed by atoms with Crippen LogP contribution in [0.4, 0.5) is 5.69 Å². The molecule has 1 aromatic carbocycles. The number of rotatable bonds is 3. The fourth-order valence-electron chi connectivity index (χ4n) is 1.75. The van der Waals surface area contributed by atoms with E-state index in [2.05, 4.69) is 5.32 Å². The number of nitrogens with one attached hydrogen (secondary N) is 1. The minimum atomic E-state index is -0.317. The number of nitrogens with zero attached hydrogens (tertiary/aromatic N) is 1. The first-order valence-corrected chi connectivity index (χ1v) is 5.39. The van der Waals surface area contributed by atoms with Gasteiger partial charge in [0.05, 0.1) is 5.69 Å². The zero-order valence-electron chi connectivity index (χ0n) is 9.60. The van der Waals surface area contributed by atoms with E-state index in [-0.39, 0.29) is 25.0 Å². The average molecular weight is 234 g/mol. The quantitative estimate of drug-likeness (QED) is 0.764. The molecule has 1 aromatic rings. The van der Waals surface area contributed by atoms with Crippen molar-refractivity contribution in [3.05, 3.63) is 29.8 Å². The zero-order chi connectivity index (χ0) is 12.3. The summed E-state index contributed by atoms with van der Waals surface area (Å²) in [6, 6.07) is 7.32. The number of ether oxygens (including phenoxy) is 1. The first kappa shape index (κ1) is 11.8. The molecule has 0 aromatic heterocycles. The van der Waals surface area contributed by atoms with E-state index in [1.54, 1.807) is 12.1 Å². The second-order valence-electron chi connectivity index (χ2n) is 3.81. The van der Waals surface area contributed by atoms with Gasteiger partial charge in [-0.05, 0) is 24.7 Å². The van der Waals surface area contributed by atoms with Crippen LogP contribution >= 0.6 is 0 Å². The fraction of sp³-hybridized carbons (Fsp3) is 0.333. The van der Waals surface area contributed by atoms with Crippen molar-refractivity contribution >= 4 is 17.5 Å². The SMILES string of the molecule is CNCc1ccc(N2C(=O)COCC2=O)cc1. The Balaban J connectivity index is 2.20. The summed E-state index contributed by atoms with van der Waals surface area (Å²) in [6.07, 6.45) is 0. The number of carbonyl (C=O) groups is 2. The third-order valence-electron chi connectivity index (χ3n) is 2.53. The van der Waals surface area contributed by atoms with Gasteiger partial charge in [0.25, 0.3) is 11.8 Å². The monoisotopic (exact) mass is 234 g/mol. The van der Waals surface area contributed by atoms with Crippen LogP contribution < -0.4 is 10.2 Å². The molecule has 0 spiro atoms. The maximum Gasteiger partial charge on any atom is 0.259 e. The van der Waals surface area contributed by atoms with Crippen molar-refractivity contribution < 1.29 is 14.3 Å². The second kappa shape index (κ2) is 5.07. The van der Waals surface area contributed by atoms with E-state index in [0.29, 0.717) is 5.69 Å². The molecule has 90 valence electrons. The van der Waals surface area contributed by atoms with Crippen LogP contribution in [0.15, 0.2) is 24.3 Å². The third kappa shape index (κ3) is 2.51. The van der Waals surface area contributed by atoms with Gasteiger partial charge in [0, 0.05) is 6.54 Å². The van der Waals surface area contributed by atoms with Gasteiger partial charge in [-0.2, -0.15) is 0 Å². The molecule has 0 radical (unpaired) electrons. The predicted octanol–water partition coefficient (Wildman–Crippen LogP) is 0.296. The lowest BCUT2D eigenvalue weighted by Crippen LogP contribution is -2.46. The van der Waals surface area contributed by atoms with Gasteiger partial charge in [-0.25, -0.2) is 4.90 Å². The highest BCUT2D eigenvalue weighted by Gasteiger charge is 2.27. The van der Waals surface area contributed by atoms with E-state index in [1.165, 1.54) is 4.90 Å². The summed E-state index contributed by atoms with van der Waals surface area (Å²) in [4.78, 5) is 24.3. The van der Waals surface area contributed by atoms with Crippen LogP contribution in [0.1, 0.15) is 5.56 Å². The summed E-state index contributed by atoms with van der Waals surface area (Å²) >= 11 is 0.